The Morgan fingerprint density at radius 2 is 2.00 bits per heavy atom. The molecule has 1 heterocycles. The van der Waals surface area contributed by atoms with Gasteiger partial charge in [0.15, 0.2) is 0 Å². The largest absolute Gasteiger partial charge is 0.310 e. The van der Waals surface area contributed by atoms with Crippen LogP contribution >= 0.6 is 11.8 Å². The highest BCUT2D eigenvalue weighted by Crippen LogP contribution is 2.31. The van der Waals surface area contributed by atoms with Gasteiger partial charge in [0.1, 0.15) is 5.82 Å². The monoisotopic (exact) mass is 274 g/mol. The first-order valence-electron chi connectivity index (χ1n) is 6.41. The zero-order chi connectivity index (χ0) is 13.1. The summed E-state index contributed by atoms with van der Waals surface area (Å²) in [6, 6.07) is 9.72. The summed E-state index contributed by atoms with van der Waals surface area (Å²) in [4.78, 5) is 6.04. The summed E-state index contributed by atoms with van der Waals surface area (Å²) in [5, 5.41) is 3.37. The van der Waals surface area contributed by atoms with Crippen LogP contribution in [0.3, 0.4) is 0 Å². The average molecular weight is 274 g/mol. The zero-order valence-electron chi connectivity index (χ0n) is 10.5. The Morgan fingerprint density at radius 3 is 2.74 bits per heavy atom. The molecule has 0 atom stereocenters. The Bertz CT molecular complexity index is 555. The van der Waals surface area contributed by atoms with Crippen molar-refractivity contribution in [3.8, 4) is 0 Å². The predicted molar refractivity (Wildman–Crippen MR) is 74.6 cm³/mol. The van der Waals surface area contributed by atoms with E-state index in [1.807, 2.05) is 18.2 Å². The summed E-state index contributed by atoms with van der Waals surface area (Å²) < 4.78 is 14.0. The number of rotatable bonds is 5. The normalized spacial score (nSPS) is 14.6. The summed E-state index contributed by atoms with van der Waals surface area (Å²) >= 11 is 1.58. The second-order valence-electron chi connectivity index (χ2n) is 4.66. The molecule has 0 aliphatic heterocycles. The van der Waals surface area contributed by atoms with E-state index in [0.29, 0.717) is 12.6 Å². The van der Waals surface area contributed by atoms with Gasteiger partial charge in [0, 0.05) is 40.3 Å². The first-order valence-corrected chi connectivity index (χ1v) is 7.23. The lowest BCUT2D eigenvalue weighted by atomic mass is 10.2. The molecule has 4 heteroatoms. The van der Waals surface area contributed by atoms with E-state index in [0.717, 1.165) is 15.4 Å². The first-order chi connectivity index (χ1) is 9.33. The second-order valence-corrected chi connectivity index (χ2v) is 5.77. The van der Waals surface area contributed by atoms with Crippen molar-refractivity contribution in [2.45, 2.75) is 35.2 Å². The van der Waals surface area contributed by atoms with Crippen molar-refractivity contribution in [3.63, 3.8) is 0 Å². The number of halogens is 1. The van der Waals surface area contributed by atoms with Gasteiger partial charge in [0.2, 0.25) is 0 Å². The van der Waals surface area contributed by atoms with Crippen molar-refractivity contribution in [2.75, 3.05) is 0 Å². The Balaban J connectivity index is 1.80. The van der Waals surface area contributed by atoms with Crippen LogP contribution in [0.5, 0.6) is 0 Å². The van der Waals surface area contributed by atoms with Gasteiger partial charge >= 0.3 is 0 Å². The van der Waals surface area contributed by atoms with Crippen molar-refractivity contribution < 1.29 is 4.39 Å². The Hall–Kier alpha value is -1.39. The number of nitrogens with one attached hydrogen (secondary N) is 1. The molecule has 0 bridgehead atoms. The fourth-order valence-corrected chi connectivity index (χ4v) is 2.82. The summed E-state index contributed by atoms with van der Waals surface area (Å²) in [6.45, 7) is 0.602. The van der Waals surface area contributed by atoms with Crippen LogP contribution in [0.15, 0.2) is 52.5 Å². The van der Waals surface area contributed by atoms with Gasteiger partial charge in [-0.2, -0.15) is 0 Å². The number of hydrogen-bond donors (Lipinski definition) is 1. The maximum atomic E-state index is 14.0. The highest BCUT2D eigenvalue weighted by Gasteiger charge is 2.21. The lowest BCUT2D eigenvalue weighted by molar-refractivity contribution is 0.579. The maximum absolute atomic E-state index is 14.0. The topological polar surface area (TPSA) is 24.9 Å². The summed E-state index contributed by atoms with van der Waals surface area (Å²) in [7, 11) is 0. The average Bonchev–Trinajstić information content (AvgIpc) is 3.23. The van der Waals surface area contributed by atoms with Gasteiger partial charge in [-0.05, 0) is 37.1 Å². The molecule has 1 aliphatic rings. The number of hydrogen-bond acceptors (Lipinski definition) is 3. The smallest absolute Gasteiger partial charge is 0.128 e. The standard InChI is InChI=1S/C15H15FN2S/c16-14-2-1-3-15(13(14)10-18-11-4-5-11)19-12-6-8-17-9-7-12/h1-3,6-9,11,18H,4-5,10H2. The van der Waals surface area contributed by atoms with Crippen molar-refractivity contribution in [1.29, 1.82) is 0 Å². The van der Waals surface area contributed by atoms with Crippen LogP contribution in [-0.4, -0.2) is 11.0 Å². The molecule has 0 unspecified atom stereocenters. The zero-order valence-corrected chi connectivity index (χ0v) is 11.3. The van der Waals surface area contributed by atoms with Gasteiger partial charge in [0.25, 0.3) is 0 Å². The summed E-state index contributed by atoms with van der Waals surface area (Å²) in [5.41, 5.74) is 0.760. The van der Waals surface area contributed by atoms with E-state index >= 15 is 0 Å². The van der Waals surface area contributed by atoms with Gasteiger partial charge in [-0.25, -0.2) is 4.39 Å². The molecule has 2 aromatic rings. The van der Waals surface area contributed by atoms with Crippen LogP contribution < -0.4 is 5.32 Å². The molecule has 0 saturated heterocycles. The van der Waals surface area contributed by atoms with Gasteiger partial charge in [0.05, 0.1) is 0 Å². The molecule has 1 saturated carbocycles. The van der Waals surface area contributed by atoms with E-state index in [-0.39, 0.29) is 5.82 Å². The van der Waals surface area contributed by atoms with E-state index in [2.05, 4.69) is 10.3 Å². The minimum Gasteiger partial charge on any atom is -0.310 e. The number of aromatic nitrogens is 1. The van der Waals surface area contributed by atoms with Crippen LogP contribution in [0.25, 0.3) is 0 Å². The van der Waals surface area contributed by atoms with Crippen molar-refractivity contribution in [2.24, 2.45) is 0 Å². The van der Waals surface area contributed by atoms with Crippen LogP contribution in [0.2, 0.25) is 0 Å². The molecule has 1 fully saturated rings. The molecule has 2 nitrogen and oxygen atoms in total. The van der Waals surface area contributed by atoms with E-state index in [1.54, 1.807) is 30.2 Å². The fraction of sp³-hybridized carbons (Fsp3) is 0.267. The van der Waals surface area contributed by atoms with Crippen LogP contribution in [0.4, 0.5) is 4.39 Å². The third-order valence-corrected chi connectivity index (χ3v) is 4.21. The predicted octanol–water partition coefficient (Wildman–Crippen LogP) is 3.62. The van der Waals surface area contributed by atoms with Gasteiger partial charge in [-0.15, -0.1) is 0 Å². The van der Waals surface area contributed by atoms with E-state index < -0.39 is 0 Å². The van der Waals surface area contributed by atoms with E-state index in [4.69, 9.17) is 0 Å². The SMILES string of the molecule is Fc1cccc(Sc2ccncc2)c1CNC1CC1. The third kappa shape index (κ3) is 3.33. The molecule has 3 rings (SSSR count). The van der Waals surface area contributed by atoms with Crippen LogP contribution in [0.1, 0.15) is 18.4 Å². The Labute approximate surface area is 116 Å². The van der Waals surface area contributed by atoms with Crippen molar-refractivity contribution in [3.05, 3.63) is 54.1 Å². The minimum atomic E-state index is -0.132. The molecular weight excluding hydrogens is 259 g/mol. The lowest BCUT2D eigenvalue weighted by Crippen LogP contribution is -2.16. The quantitative estimate of drug-likeness (QED) is 0.901. The molecule has 0 spiro atoms. The molecule has 98 valence electrons. The second kappa shape index (κ2) is 5.72. The highest BCUT2D eigenvalue weighted by atomic mass is 32.2. The lowest BCUT2D eigenvalue weighted by Gasteiger charge is -2.11. The van der Waals surface area contributed by atoms with Crippen LogP contribution in [0, 0.1) is 5.82 Å². The van der Waals surface area contributed by atoms with E-state index in [9.17, 15) is 4.39 Å². The highest BCUT2D eigenvalue weighted by molar-refractivity contribution is 7.99. The number of pyridine rings is 1. The third-order valence-electron chi connectivity index (χ3n) is 3.10. The number of nitrogens with zero attached hydrogens (tertiary/aromatic N) is 1. The van der Waals surface area contributed by atoms with Crippen LogP contribution in [-0.2, 0) is 6.54 Å². The Morgan fingerprint density at radius 1 is 1.21 bits per heavy atom. The molecule has 1 aromatic heterocycles. The van der Waals surface area contributed by atoms with E-state index in [1.165, 1.54) is 18.9 Å². The molecular formula is C15H15FN2S. The molecule has 0 radical (unpaired) electrons. The minimum absolute atomic E-state index is 0.132. The molecule has 0 amide bonds. The molecule has 19 heavy (non-hydrogen) atoms. The molecule has 1 aliphatic carbocycles. The van der Waals surface area contributed by atoms with Crippen molar-refractivity contribution in [1.82, 2.24) is 10.3 Å². The fourth-order valence-electron chi connectivity index (χ4n) is 1.87. The molecule has 1 aromatic carbocycles. The summed E-state index contributed by atoms with van der Waals surface area (Å²) in [6.07, 6.45) is 5.93. The summed E-state index contributed by atoms with van der Waals surface area (Å²) in [5.74, 6) is -0.132. The Kier molecular flexibility index (Phi) is 3.80. The number of benzene rings is 1. The van der Waals surface area contributed by atoms with Gasteiger partial charge in [-0.3, -0.25) is 4.98 Å². The van der Waals surface area contributed by atoms with Crippen molar-refractivity contribution >= 4 is 11.8 Å². The van der Waals surface area contributed by atoms with Gasteiger partial charge < -0.3 is 5.32 Å². The first kappa shape index (κ1) is 12.6. The molecule has 1 N–H and O–H groups in total. The van der Waals surface area contributed by atoms with Gasteiger partial charge in [-0.1, -0.05) is 17.8 Å². The maximum Gasteiger partial charge on any atom is 0.128 e.